The van der Waals surface area contributed by atoms with Gasteiger partial charge in [-0.15, -0.1) is 0 Å². The van der Waals surface area contributed by atoms with Gasteiger partial charge in [0.1, 0.15) is 6.54 Å². The molecule has 0 radical (unpaired) electrons. The van der Waals surface area contributed by atoms with Gasteiger partial charge in [-0.3, -0.25) is 4.79 Å². The maximum Gasteiger partial charge on any atom is 0.323 e. The first-order valence-electron chi connectivity index (χ1n) is 5.91. The molecule has 0 amide bonds. The first-order chi connectivity index (χ1) is 8.75. The molecule has 1 aliphatic rings. The maximum absolute atomic E-state index is 11.0. The molecule has 0 bridgehead atoms. The van der Waals surface area contributed by atoms with Crippen LogP contribution in [-0.4, -0.2) is 17.6 Å². The largest absolute Gasteiger partial charge is 0.480 e. The highest BCUT2D eigenvalue weighted by Crippen LogP contribution is 2.37. The zero-order chi connectivity index (χ0) is 12.5. The van der Waals surface area contributed by atoms with E-state index >= 15 is 0 Å². The van der Waals surface area contributed by atoms with E-state index in [0.717, 1.165) is 17.8 Å². The molecule has 0 aromatic heterocycles. The standard InChI is InChI=1S/C15H13NO2/c17-15(18)10-16-13-7-3-1-5-11(13)9-12-6-2-4-8-14(12)16/h1-8H,9-10H2,(H,17,18). The summed E-state index contributed by atoms with van der Waals surface area (Å²) in [6.45, 7) is -0.00593. The quantitative estimate of drug-likeness (QED) is 0.876. The summed E-state index contributed by atoms with van der Waals surface area (Å²) in [5.74, 6) is -0.818. The van der Waals surface area contributed by atoms with Crippen LogP contribution in [0.3, 0.4) is 0 Å². The van der Waals surface area contributed by atoms with Gasteiger partial charge >= 0.3 is 5.97 Å². The Morgan fingerprint density at radius 1 is 1.00 bits per heavy atom. The minimum atomic E-state index is -0.818. The van der Waals surface area contributed by atoms with E-state index in [9.17, 15) is 4.79 Å². The van der Waals surface area contributed by atoms with Crippen LogP contribution < -0.4 is 4.90 Å². The summed E-state index contributed by atoms with van der Waals surface area (Å²) in [6.07, 6.45) is 0.864. The molecule has 0 atom stereocenters. The Balaban J connectivity index is 2.14. The zero-order valence-corrected chi connectivity index (χ0v) is 9.84. The second-order valence-electron chi connectivity index (χ2n) is 4.41. The molecule has 90 valence electrons. The van der Waals surface area contributed by atoms with Gasteiger partial charge in [-0.2, -0.15) is 0 Å². The molecule has 3 nitrogen and oxygen atoms in total. The summed E-state index contributed by atoms with van der Waals surface area (Å²) in [7, 11) is 0. The highest BCUT2D eigenvalue weighted by molar-refractivity contribution is 5.82. The van der Waals surface area contributed by atoms with E-state index in [4.69, 9.17) is 5.11 Å². The Hall–Kier alpha value is -2.29. The average Bonchev–Trinajstić information content (AvgIpc) is 2.38. The molecule has 2 aromatic carbocycles. The first-order valence-corrected chi connectivity index (χ1v) is 5.91. The second kappa shape index (κ2) is 4.18. The van der Waals surface area contributed by atoms with Gasteiger partial charge in [-0.25, -0.2) is 0 Å². The van der Waals surface area contributed by atoms with Gasteiger partial charge in [-0.1, -0.05) is 36.4 Å². The Bertz CT molecular complexity index is 561. The molecule has 0 aliphatic carbocycles. The van der Waals surface area contributed by atoms with Crippen molar-refractivity contribution >= 4 is 17.3 Å². The van der Waals surface area contributed by atoms with E-state index in [-0.39, 0.29) is 6.54 Å². The summed E-state index contributed by atoms with van der Waals surface area (Å²) in [5, 5.41) is 9.08. The van der Waals surface area contributed by atoms with E-state index in [1.165, 1.54) is 11.1 Å². The number of nitrogens with zero attached hydrogens (tertiary/aromatic N) is 1. The van der Waals surface area contributed by atoms with Crippen LogP contribution in [-0.2, 0) is 11.2 Å². The van der Waals surface area contributed by atoms with Crippen LogP contribution in [0.4, 0.5) is 11.4 Å². The van der Waals surface area contributed by atoms with Crippen LogP contribution >= 0.6 is 0 Å². The van der Waals surface area contributed by atoms with Crippen molar-refractivity contribution in [3.8, 4) is 0 Å². The number of hydrogen-bond donors (Lipinski definition) is 1. The van der Waals surface area contributed by atoms with Crippen molar-refractivity contribution in [2.45, 2.75) is 6.42 Å². The monoisotopic (exact) mass is 239 g/mol. The van der Waals surface area contributed by atoms with Crippen LogP contribution in [0.5, 0.6) is 0 Å². The minimum absolute atomic E-state index is 0.00593. The number of fused-ring (bicyclic) bond motifs is 2. The lowest BCUT2D eigenvalue weighted by molar-refractivity contribution is -0.135. The second-order valence-corrected chi connectivity index (χ2v) is 4.41. The molecular weight excluding hydrogens is 226 g/mol. The van der Waals surface area contributed by atoms with Crippen molar-refractivity contribution < 1.29 is 9.90 Å². The normalized spacial score (nSPS) is 12.8. The van der Waals surface area contributed by atoms with E-state index in [0.29, 0.717) is 0 Å². The van der Waals surface area contributed by atoms with Gasteiger partial charge in [0.15, 0.2) is 0 Å². The number of carbonyl (C=O) groups is 1. The number of para-hydroxylation sites is 2. The van der Waals surface area contributed by atoms with E-state index in [1.54, 1.807) is 0 Å². The van der Waals surface area contributed by atoms with Crippen LogP contribution in [0.25, 0.3) is 0 Å². The Morgan fingerprint density at radius 2 is 1.50 bits per heavy atom. The predicted octanol–water partition coefficient (Wildman–Crippen LogP) is 2.81. The van der Waals surface area contributed by atoms with Crippen molar-refractivity contribution in [1.82, 2.24) is 0 Å². The number of aliphatic carboxylic acids is 1. The lowest BCUT2D eigenvalue weighted by Crippen LogP contribution is -2.29. The van der Waals surface area contributed by atoms with E-state index in [2.05, 4.69) is 12.1 Å². The van der Waals surface area contributed by atoms with Crippen LogP contribution in [0.2, 0.25) is 0 Å². The van der Waals surface area contributed by atoms with E-state index < -0.39 is 5.97 Å². The minimum Gasteiger partial charge on any atom is -0.480 e. The average molecular weight is 239 g/mol. The van der Waals surface area contributed by atoms with Crippen molar-refractivity contribution in [3.63, 3.8) is 0 Å². The van der Waals surface area contributed by atoms with Gasteiger partial charge in [0.2, 0.25) is 0 Å². The van der Waals surface area contributed by atoms with Crippen LogP contribution in [0.1, 0.15) is 11.1 Å². The Labute approximate surface area is 105 Å². The highest BCUT2D eigenvalue weighted by Gasteiger charge is 2.23. The topological polar surface area (TPSA) is 40.5 Å². The smallest absolute Gasteiger partial charge is 0.323 e. The third-order valence-electron chi connectivity index (χ3n) is 3.24. The molecule has 0 spiro atoms. The van der Waals surface area contributed by atoms with Gasteiger partial charge in [-0.05, 0) is 23.3 Å². The Kier molecular flexibility index (Phi) is 2.52. The predicted molar refractivity (Wildman–Crippen MR) is 70.3 cm³/mol. The molecular formula is C15H13NO2. The summed E-state index contributed by atoms with van der Waals surface area (Å²) >= 11 is 0. The summed E-state index contributed by atoms with van der Waals surface area (Å²) in [4.78, 5) is 12.9. The van der Waals surface area contributed by atoms with Gasteiger partial charge < -0.3 is 10.0 Å². The molecule has 0 unspecified atom stereocenters. The van der Waals surface area contributed by atoms with Crippen molar-refractivity contribution in [1.29, 1.82) is 0 Å². The Morgan fingerprint density at radius 3 is 2.00 bits per heavy atom. The molecule has 2 aromatic rings. The summed E-state index contributed by atoms with van der Waals surface area (Å²) in [6, 6.07) is 15.9. The van der Waals surface area contributed by atoms with E-state index in [1.807, 2.05) is 41.3 Å². The van der Waals surface area contributed by atoms with Crippen LogP contribution in [0, 0.1) is 0 Å². The molecule has 1 N–H and O–H groups in total. The number of rotatable bonds is 2. The fourth-order valence-electron chi connectivity index (χ4n) is 2.49. The third kappa shape index (κ3) is 1.74. The summed E-state index contributed by atoms with van der Waals surface area (Å²) in [5.41, 5.74) is 4.35. The molecule has 3 heteroatoms. The first kappa shape index (κ1) is 10.8. The maximum atomic E-state index is 11.0. The third-order valence-corrected chi connectivity index (χ3v) is 3.24. The zero-order valence-electron chi connectivity index (χ0n) is 9.84. The highest BCUT2D eigenvalue weighted by atomic mass is 16.4. The number of benzene rings is 2. The molecule has 0 saturated carbocycles. The van der Waals surface area contributed by atoms with Gasteiger partial charge in [0.05, 0.1) is 0 Å². The SMILES string of the molecule is O=C(O)CN1c2ccccc2Cc2ccccc21. The lowest BCUT2D eigenvalue weighted by Gasteiger charge is -2.32. The number of carboxylic acid groups (broad SMARTS) is 1. The molecule has 1 heterocycles. The number of anilines is 2. The molecule has 3 rings (SSSR count). The molecule has 1 aliphatic heterocycles. The molecule has 18 heavy (non-hydrogen) atoms. The lowest BCUT2D eigenvalue weighted by atomic mass is 9.96. The van der Waals surface area contributed by atoms with Crippen molar-refractivity contribution in [3.05, 3.63) is 59.7 Å². The fourth-order valence-corrected chi connectivity index (χ4v) is 2.49. The number of hydrogen-bond acceptors (Lipinski definition) is 2. The van der Waals surface area contributed by atoms with Gasteiger partial charge in [0, 0.05) is 17.8 Å². The van der Waals surface area contributed by atoms with Crippen molar-refractivity contribution in [2.75, 3.05) is 11.4 Å². The summed E-state index contributed by atoms with van der Waals surface area (Å²) < 4.78 is 0. The number of carboxylic acids is 1. The van der Waals surface area contributed by atoms with Crippen molar-refractivity contribution in [2.24, 2.45) is 0 Å². The van der Waals surface area contributed by atoms with Crippen LogP contribution in [0.15, 0.2) is 48.5 Å². The van der Waals surface area contributed by atoms with Gasteiger partial charge in [0.25, 0.3) is 0 Å². The fraction of sp³-hybridized carbons (Fsp3) is 0.133. The molecule has 0 saturated heterocycles. The molecule has 0 fully saturated rings.